The molecule has 3 atom stereocenters. The van der Waals surface area contributed by atoms with Crippen LogP contribution in [0.3, 0.4) is 0 Å². The van der Waals surface area contributed by atoms with Gasteiger partial charge in [-0.2, -0.15) is 0 Å². The van der Waals surface area contributed by atoms with E-state index >= 15 is 0 Å². The molecular formula is C12H22N2O. The predicted octanol–water partition coefficient (Wildman–Crippen LogP) is 1.24. The largest absolute Gasteiger partial charge is 0.338 e. The van der Waals surface area contributed by atoms with Gasteiger partial charge in [-0.3, -0.25) is 4.79 Å². The van der Waals surface area contributed by atoms with E-state index in [9.17, 15) is 4.79 Å². The van der Waals surface area contributed by atoms with Crippen LogP contribution in [0.5, 0.6) is 0 Å². The third-order valence-electron chi connectivity index (χ3n) is 3.78. The molecule has 1 saturated heterocycles. The topological polar surface area (TPSA) is 32.3 Å². The van der Waals surface area contributed by atoms with Crippen LogP contribution in [-0.4, -0.2) is 37.0 Å². The number of likely N-dealkylation sites (N-methyl/N-ethyl adjacent to an activating group) is 1. The van der Waals surface area contributed by atoms with E-state index in [1.165, 1.54) is 19.3 Å². The van der Waals surface area contributed by atoms with Crippen LogP contribution in [0, 0.1) is 11.8 Å². The SMILES string of the molecule is CNCC1CCCCN1C(=O)C1CC1C. The van der Waals surface area contributed by atoms with Gasteiger partial charge in [0, 0.05) is 25.0 Å². The molecule has 1 heterocycles. The summed E-state index contributed by atoms with van der Waals surface area (Å²) in [7, 11) is 1.97. The minimum atomic E-state index is 0.349. The van der Waals surface area contributed by atoms with Crippen molar-refractivity contribution in [2.45, 2.75) is 38.6 Å². The van der Waals surface area contributed by atoms with Crippen molar-refractivity contribution in [3.05, 3.63) is 0 Å². The normalized spacial score (nSPS) is 35.3. The van der Waals surface area contributed by atoms with Gasteiger partial charge in [-0.25, -0.2) is 0 Å². The molecule has 15 heavy (non-hydrogen) atoms. The average Bonchev–Trinajstić information content (AvgIpc) is 2.96. The number of rotatable bonds is 3. The van der Waals surface area contributed by atoms with Crippen molar-refractivity contribution >= 4 is 5.91 Å². The van der Waals surface area contributed by atoms with Crippen LogP contribution in [0.1, 0.15) is 32.6 Å². The van der Waals surface area contributed by atoms with E-state index in [4.69, 9.17) is 0 Å². The monoisotopic (exact) mass is 210 g/mol. The number of nitrogens with one attached hydrogen (secondary N) is 1. The molecule has 3 nitrogen and oxygen atoms in total. The van der Waals surface area contributed by atoms with Gasteiger partial charge in [0.2, 0.25) is 5.91 Å². The molecule has 1 saturated carbocycles. The fourth-order valence-electron chi connectivity index (χ4n) is 2.62. The Labute approximate surface area is 92.2 Å². The third-order valence-corrected chi connectivity index (χ3v) is 3.78. The number of carbonyl (C=O) groups excluding carboxylic acids is 1. The van der Waals surface area contributed by atoms with Gasteiger partial charge in [0.05, 0.1) is 0 Å². The zero-order valence-corrected chi connectivity index (χ0v) is 9.83. The molecule has 1 N–H and O–H groups in total. The van der Waals surface area contributed by atoms with Crippen molar-refractivity contribution in [1.29, 1.82) is 0 Å². The zero-order chi connectivity index (χ0) is 10.8. The first-order valence-electron chi connectivity index (χ1n) is 6.19. The Kier molecular flexibility index (Phi) is 3.29. The van der Waals surface area contributed by atoms with Crippen molar-refractivity contribution in [1.82, 2.24) is 10.2 Å². The molecule has 3 unspecified atom stereocenters. The standard InChI is InChI=1S/C12H22N2O/c1-9-7-11(9)12(15)14-6-4-3-5-10(14)8-13-2/h9-11,13H,3-8H2,1-2H3. The number of likely N-dealkylation sites (tertiary alicyclic amines) is 1. The summed E-state index contributed by atoms with van der Waals surface area (Å²) in [4.78, 5) is 14.3. The summed E-state index contributed by atoms with van der Waals surface area (Å²) < 4.78 is 0. The highest BCUT2D eigenvalue weighted by Crippen LogP contribution is 2.40. The van der Waals surface area contributed by atoms with Crippen LogP contribution in [0.2, 0.25) is 0 Å². The highest BCUT2D eigenvalue weighted by atomic mass is 16.2. The molecule has 0 bridgehead atoms. The summed E-state index contributed by atoms with van der Waals surface area (Å²) >= 11 is 0. The van der Waals surface area contributed by atoms with E-state index in [2.05, 4.69) is 17.1 Å². The summed E-state index contributed by atoms with van der Waals surface area (Å²) in [5, 5.41) is 3.20. The second-order valence-corrected chi connectivity index (χ2v) is 5.06. The Bertz CT molecular complexity index is 240. The van der Waals surface area contributed by atoms with Gasteiger partial charge in [-0.05, 0) is 38.6 Å². The van der Waals surface area contributed by atoms with Crippen LogP contribution >= 0.6 is 0 Å². The maximum atomic E-state index is 12.2. The van der Waals surface area contributed by atoms with Gasteiger partial charge in [0.25, 0.3) is 0 Å². The lowest BCUT2D eigenvalue weighted by Gasteiger charge is -2.36. The molecule has 86 valence electrons. The van der Waals surface area contributed by atoms with E-state index in [1.807, 2.05) is 7.05 Å². The fraction of sp³-hybridized carbons (Fsp3) is 0.917. The van der Waals surface area contributed by atoms with Gasteiger partial charge >= 0.3 is 0 Å². The maximum absolute atomic E-state index is 12.2. The Hall–Kier alpha value is -0.570. The van der Waals surface area contributed by atoms with Gasteiger partial charge < -0.3 is 10.2 Å². The molecule has 1 aliphatic carbocycles. The van der Waals surface area contributed by atoms with Gasteiger partial charge in [0.1, 0.15) is 0 Å². The minimum absolute atomic E-state index is 0.349. The second kappa shape index (κ2) is 4.52. The van der Waals surface area contributed by atoms with Gasteiger partial charge in [-0.15, -0.1) is 0 Å². The number of carbonyl (C=O) groups is 1. The highest BCUT2D eigenvalue weighted by Gasteiger charge is 2.43. The van der Waals surface area contributed by atoms with Crippen LogP contribution in [0.15, 0.2) is 0 Å². The molecule has 2 rings (SSSR count). The summed E-state index contributed by atoms with van der Waals surface area (Å²) in [6.45, 7) is 4.11. The predicted molar refractivity (Wildman–Crippen MR) is 60.5 cm³/mol. The molecule has 1 aliphatic heterocycles. The van der Waals surface area contributed by atoms with Crippen molar-refractivity contribution in [3.63, 3.8) is 0 Å². The molecule has 0 spiro atoms. The number of nitrogens with zero attached hydrogens (tertiary/aromatic N) is 1. The molecule has 0 aromatic heterocycles. The van der Waals surface area contributed by atoms with Gasteiger partial charge in [-0.1, -0.05) is 6.92 Å². The molecular weight excluding hydrogens is 188 g/mol. The molecule has 1 amide bonds. The van der Waals surface area contributed by atoms with E-state index in [0.29, 0.717) is 23.8 Å². The quantitative estimate of drug-likeness (QED) is 0.760. The first-order chi connectivity index (χ1) is 7.24. The number of amides is 1. The van der Waals surface area contributed by atoms with Crippen molar-refractivity contribution in [3.8, 4) is 0 Å². The molecule has 2 fully saturated rings. The van der Waals surface area contributed by atoms with Crippen LogP contribution in [0.25, 0.3) is 0 Å². The van der Waals surface area contributed by atoms with Crippen LogP contribution in [0.4, 0.5) is 0 Å². The summed E-state index contributed by atoms with van der Waals surface area (Å²) in [5.41, 5.74) is 0. The second-order valence-electron chi connectivity index (χ2n) is 5.06. The smallest absolute Gasteiger partial charge is 0.226 e. The molecule has 0 aromatic carbocycles. The number of piperidine rings is 1. The Morgan fingerprint density at radius 1 is 1.47 bits per heavy atom. The summed E-state index contributed by atoms with van der Waals surface area (Å²) in [6.07, 6.45) is 4.75. The molecule has 0 radical (unpaired) electrons. The van der Waals surface area contributed by atoms with E-state index < -0.39 is 0 Å². The van der Waals surface area contributed by atoms with Crippen LogP contribution < -0.4 is 5.32 Å². The first-order valence-corrected chi connectivity index (χ1v) is 6.19. The molecule has 3 heteroatoms. The lowest BCUT2D eigenvalue weighted by molar-refractivity contribution is -0.136. The van der Waals surface area contributed by atoms with Crippen molar-refractivity contribution in [2.75, 3.05) is 20.1 Å². The first kappa shape index (κ1) is 10.9. The van der Waals surface area contributed by atoms with Crippen molar-refractivity contribution in [2.24, 2.45) is 11.8 Å². The summed E-state index contributed by atoms with van der Waals surface area (Å²) in [5.74, 6) is 1.40. The number of hydrogen-bond acceptors (Lipinski definition) is 2. The lowest BCUT2D eigenvalue weighted by Crippen LogP contribution is -2.48. The third kappa shape index (κ3) is 2.33. The van der Waals surface area contributed by atoms with E-state index in [-0.39, 0.29) is 0 Å². The van der Waals surface area contributed by atoms with Gasteiger partial charge in [0.15, 0.2) is 0 Å². The van der Waals surface area contributed by atoms with E-state index in [1.54, 1.807) is 0 Å². The highest BCUT2D eigenvalue weighted by molar-refractivity contribution is 5.82. The molecule has 0 aromatic rings. The van der Waals surface area contributed by atoms with Crippen molar-refractivity contribution < 1.29 is 4.79 Å². The van der Waals surface area contributed by atoms with Crippen LogP contribution in [-0.2, 0) is 4.79 Å². The Morgan fingerprint density at radius 3 is 2.80 bits per heavy atom. The Balaban J connectivity index is 1.94. The van der Waals surface area contributed by atoms with E-state index in [0.717, 1.165) is 19.5 Å². The average molecular weight is 210 g/mol. The lowest BCUT2D eigenvalue weighted by atomic mass is 10.0. The summed E-state index contributed by atoms with van der Waals surface area (Å²) in [6, 6.07) is 0.448. The minimum Gasteiger partial charge on any atom is -0.338 e. The fourth-order valence-corrected chi connectivity index (χ4v) is 2.62. The Morgan fingerprint density at radius 2 is 2.20 bits per heavy atom. The maximum Gasteiger partial charge on any atom is 0.226 e. The zero-order valence-electron chi connectivity index (χ0n) is 9.83. The number of hydrogen-bond donors (Lipinski definition) is 1. The molecule has 2 aliphatic rings.